The van der Waals surface area contributed by atoms with Crippen LogP contribution < -0.4 is 0 Å². The maximum Gasteiger partial charge on any atom is 0.151 e. The van der Waals surface area contributed by atoms with E-state index in [2.05, 4.69) is 0 Å². The average Bonchev–Trinajstić information content (AvgIpc) is 2.33. The summed E-state index contributed by atoms with van der Waals surface area (Å²) in [5.41, 5.74) is 1.91. The van der Waals surface area contributed by atoms with Crippen LogP contribution in [-0.4, -0.2) is 6.29 Å². The molecule has 0 N–H and O–H groups in total. The van der Waals surface area contributed by atoms with Crippen LogP contribution in [0.15, 0.2) is 30.3 Å². The van der Waals surface area contributed by atoms with E-state index < -0.39 is 0 Å². The number of carbonyl (C=O) groups is 1. The molecule has 0 spiro atoms. The van der Waals surface area contributed by atoms with Gasteiger partial charge in [0.25, 0.3) is 0 Å². The molecule has 0 aromatic heterocycles. The fourth-order valence-corrected chi connectivity index (χ4v) is 2.42. The van der Waals surface area contributed by atoms with E-state index in [-0.39, 0.29) is 0 Å². The van der Waals surface area contributed by atoms with Crippen molar-refractivity contribution in [1.29, 1.82) is 0 Å². The molecule has 0 aliphatic carbocycles. The third kappa shape index (κ3) is 2.65. The van der Waals surface area contributed by atoms with E-state index in [1.165, 1.54) is 0 Å². The molecule has 0 aliphatic heterocycles. The minimum absolute atomic E-state index is 0.365. The summed E-state index contributed by atoms with van der Waals surface area (Å²) in [6, 6.07) is 8.28. The number of aldehydes is 1. The number of rotatable bonds is 2. The van der Waals surface area contributed by atoms with E-state index in [0.29, 0.717) is 37.5 Å². The fourth-order valence-electron chi connectivity index (χ4n) is 1.53. The molecular weight excluding hydrogens is 314 g/mol. The zero-order valence-electron chi connectivity index (χ0n) is 8.88. The van der Waals surface area contributed by atoms with Gasteiger partial charge in [0.1, 0.15) is 0 Å². The first-order valence-corrected chi connectivity index (χ1v) is 6.43. The standard InChI is InChI=1S/C13H6Cl4O/c14-10-3-7(1-2-8(10)6-18)9-4-12(16)13(17)5-11(9)15/h1-6H. The van der Waals surface area contributed by atoms with E-state index in [1.54, 1.807) is 30.3 Å². The van der Waals surface area contributed by atoms with Gasteiger partial charge in [0.15, 0.2) is 6.29 Å². The van der Waals surface area contributed by atoms with Crippen molar-refractivity contribution in [2.45, 2.75) is 0 Å². The summed E-state index contributed by atoms with van der Waals surface area (Å²) in [5, 5.41) is 1.64. The van der Waals surface area contributed by atoms with Gasteiger partial charge in [-0.05, 0) is 29.8 Å². The van der Waals surface area contributed by atoms with Crippen molar-refractivity contribution >= 4 is 52.7 Å². The maximum absolute atomic E-state index is 10.7. The Morgan fingerprint density at radius 3 is 2.06 bits per heavy atom. The SMILES string of the molecule is O=Cc1ccc(-c2cc(Cl)c(Cl)cc2Cl)cc1Cl. The molecule has 0 aliphatic rings. The van der Waals surface area contributed by atoms with Crippen LogP contribution >= 0.6 is 46.4 Å². The Morgan fingerprint density at radius 2 is 1.44 bits per heavy atom. The molecule has 2 rings (SSSR count). The maximum atomic E-state index is 10.7. The number of halogens is 4. The van der Waals surface area contributed by atoms with Gasteiger partial charge in [-0.3, -0.25) is 4.79 Å². The van der Waals surface area contributed by atoms with Gasteiger partial charge < -0.3 is 0 Å². The van der Waals surface area contributed by atoms with Crippen molar-refractivity contribution < 1.29 is 4.79 Å². The smallest absolute Gasteiger partial charge is 0.151 e. The van der Waals surface area contributed by atoms with E-state index in [4.69, 9.17) is 46.4 Å². The number of hydrogen-bond donors (Lipinski definition) is 0. The van der Waals surface area contributed by atoms with Crippen molar-refractivity contribution in [1.82, 2.24) is 0 Å². The van der Waals surface area contributed by atoms with Crippen LogP contribution in [0.4, 0.5) is 0 Å². The highest BCUT2D eigenvalue weighted by Gasteiger charge is 2.09. The van der Waals surface area contributed by atoms with Crippen LogP contribution in [0.2, 0.25) is 20.1 Å². The second-order valence-electron chi connectivity index (χ2n) is 3.60. The van der Waals surface area contributed by atoms with E-state index in [1.807, 2.05) is 0 Å². The summed E-state index contributed by atoms with van der Waals surface area (Å²) in [6.07, 6.45) is 0.697. The third-order valence-electron chi connectivity index (χ3n) is 2.45. The molecule has 0 saturated carbocycles. The van der Waals surface area contributed by atoms with Crippen LogP contribution in [0.3, 0.4) is 0 Å². The lowest BCUT2D eigenvalue weighted by atomic mass is 10.0. The highest BCUT2D eigenvalue weighted by molar-refractivity contribution is 6.44. The predicted octanol–water partition coefficient (Wildman–Crippen LogP) is 5.78. The Hall–Kier alpha value is -0.730. The van der Waals surface area contributed by atoms with Crippen LogP contribution in [-0.2, 0) is 0 Å². The van der Waals surface area contributed by atoms with E-state index >= 15 is 0 Å². The van der Waals surface area contributed by atoms with Gasteiger partial charge in [0.05, 0.1) is 15.1 Å². The topological polar surface area (TPSA) is 17.1 Å². The molecular formula is C13H6Cl4O. The minimum atomic E-state index is 0.365. The van der Waals surface area contributed by atoms with Crippen LogP contribution in [0.25, 0.3) is 11.1 Å². The third-order valence-corrected chi connectivity index (χ3v) is 3.81. The molecule has 1 nitrogen and oxygen atoms in total. The molecule has 92 valence electrons. The zero-order valence-corrected chi connectivity index (χ0v) is 11.9. The lowest BCUT2D eigenvalue weighted by molar-refractivity contribution is 0.112. The highest BCUT2D eigenvalue weighted by Crippen LogP contribution is 2.36. The normalized spacial score (nSPS) is 10.4. The summed E-state index contributed by atoms with van der Waals surface area (Å²) in [5.74, 6) is 0. The van der Waals surface area contributed by atoms with Crippen molar-refractivity contribution in [2.24, 2.45) is 0 Å². The largest absolute Gasteiger partial charge is 0.298 e. The first-order valence-electron chi connectivity index (χ1n) is 4.92. The average molecular weight is 320 g/mol. The number of benzene rings is 2. The minimum Gasteiger partial charge on any atom is -0.298 e. The Morgan fingerprint density at radius 1 is 0.778 bits per heavy atom. The Kier molecular flexibility index (Phi) is 4.18. The Balaban J connectivity index is 2.58. The quantitative estimate of drug-likeness (QED) is 0.506. The molecule has 5 heteroatoms. The molecule has 0 radical (unpaired) electrons. The van der Waals surface area contributed by atoms with Gasteiger partial charge in [-0.1, -0.05) is 52.5 Å². The van der Waals surface area contributed by atoms with Crippen molar-refractivity contribution in [2.75, 3.05) is 0 Å². The first kappa shape index (κ1) is 13.7. The Bertz CT molecular complexity index is 623. The predicted molar refractivity (Wildman–Crippen MR) is 77.3 cm³/mol. The molecule has 2 aromatic rings. The second-order valence-corrected chi connectivity index (χ2v) is 5.23. The van der Waals surface area contributed by atoms with Crippen molar-refractivity contribution in [3.05, 3.63) is 56.0 Å². The molecule has 0 saturated heterocycles. The van der Waals surface area contributed by atoms with Gasteiger partial charge in [-0.25, -0.2) is 0 Å². The first-order chi connectivity index (χ1) is 8.52. The van der Waals surface area contributed by atoms with Gasteiger partial charge in [-0.2, -0.15) is 0 Å². The molecule has 0 heterocycles. The summed E-state index contributed by atoms with van der Waals surface area (Å²) >= 11 is 23.9. The van der Waals surface area contributed by atoms with E-state index in [0.717, 1.165) is 5.56 Å². The van der Waals surface area contributed by atoms with Crippen molar-refractivity contribution in [3.8, 4) is 11.1 Å². The number of hydrogen-bond acceptors (Lipinski definition) is 1. The summed E-state index contributed by atoms with van der Waals surface area (Å²) < 4.78 is 0. The van der Waals surface area contributed by atoms with Crippen LogP contribution in [0.5, 0.6) is 0 Å². The van der Waals surface area contributed by atoms with Gasteiger partial charge >= 0.3 is 0 Å². The lowest BCUT2D eigenvalue weighted by Gasteiger charge is -2.08. The zero-order chi connectivity index (χ0) is 13.3. The molecule has 0 bridgehead atoms. The van der Waals surface area contributed by atoms with Gasteiger partial charge in [-0.15, -0.1) is 0 Å². The lowest BCUT2D eigenvalue weighted by Crippen LogP contribution is -1.85. The molecule has 0 fully saturated rings. The molecule has 0 atom stereocenters. The highest BCUT2D eigenvalue weighted by atomic mass is 35.5. The molecule has 0 amide bonds. The molecule has 0 unspecified atom stereocenters. The van der Waals surface area contributed by atoms with E-state index in [9.17, 15) is 4.79 Å². The summed E-state index contributed by atoms with van der Waals surface area (Å²) in [6.45, 7) is 0. The molecule has 18 heavy (non-hydrogen) atoms. The summed E-state index contributed by atoms with van der Waals surface area (Å²) in [4.78, 5) is 10.7. The fraction of sp³-hybridized carbons (Fsp3) is 0. The molecule has 2 aromatic carbocycles. The summed E-state index contributed by atoms with van der Waals surface area (Å²) in [7, 11) is 0. The number of carbonyl (C=O) groups excluding carboxylic acids is 1. The van der Waals surface area contributed by atoms with Crippen LogP contribution in [0.1, 0.15) is 10.4 Å². The second kappa shape index (κ2) is 5.50. The van der Waals surface area contributed by atoms with Gasteiger partial charge in [0.2, 0.25) is 0 Å². The monoisotopic (exact) mass is 318 g/mol. The van der Waals surface area contributed by atoms with Crippen LogP contribution in [0, 0.1) is 0 Å². The van der Waals surface area contributed by atoms with Crippen molar-refractivity contribution in [3.63, 3.8) is 0 Å². The Labute approximate surface area is 124 Å². The van der Waals surface area contributed by atoms with Gasteiger partial charge in [0, 0.05) is 16.1 Å².